The van der Waals surface area contributed by atoms with Crippen molar-refractivity contribution in [3.63, 3.8) is 0 Å². The molecule has 0 spiro atoms. The summed E-state index contributed by atoms with van der Waals surface area (Å²) in [4.78, 5) is 14.2. The number of ether oxygens (including phenoxy) is 3. The lowest BCUT2D eigenvalue weighted by Crippen LogP contribution is -2.29. The molecule has 2 unspecified atom stereocenters. The van der Waals surface area contributed by atoms with E-state index in [0.717, 1.165) is 64.6 Å². The van der Waals surface area contributed by atoms with E-state index in [2.05, 4.69) is 25.7 Å². The molecule has 6 nitrogen and oxygen atoms in total. The predicted octanol–water partition coefficient (Wildman–Crippen LogP) is 10.5. The van der Waals surface area contributed by atoms with E-state index in [9.17, 15) is 9.90 Å². The van der Waals surface area contributed by atoms with E-state index in [0.29, 0.717) is 19.1 Å². The van der Waals surface area contributed by atoms with E-state index < -0.39 is 0 Å². The zero-order valence-electron chi connectivity index (χ0n) is 30.4. The van der Waals surface area contributed by atoms with Crippen molar-refractivity contribution in [1.29, 1.82) is 0 Å². The third-order valence-corrected chi connectivity index (χ3v) is 9.37. The minimum atomic E-state index is -0.0254. The number of unbranched alkanes of at least 4 members (excludes halogenated alkanes) is 18. The molecular weight excluding hydrogens is 562 g/mol. The number of esters is 1. The molecule has 45 heavy (non-hydrogen) atoms. The van der Waals surface area contributed by atoms with E-state index in [1.54, 1.807) is 0 Å². The highest BCUT2D eigenvalue weighted by molar-refractivity contribution is 5.69. The van der Waals surface area contributed by atoms with Gasteiger partial charge in [0.2, 0.25) is 0 Å². The standard InChI is InChI=1S/C39H77NO5/c1-4-7-10-12-17-21-27-36(28-22-18-13-11-8-5-2)44-39-37(45-39)29-26-32-40(33-34-41)31-24-20-16-14-15-19-23-30-38(42)43-35-25-9-6-3/h36-37,39,41H,4-35H2,1-3H3. The summed E-state index contributed by atoms with van der Waals surface area (Å²) >= 11 is 0. The van der Waals surface area contributed by atoms with Crippen molar-refractivity contribution >= 4 is 5.97 Å². The van der Waals surface area contributed by atoms with Crippen LogP contribution in [0.2, 0.25) is 0 Å². The molecule has 0 aliphatic carbocycles. The first-order chi connectivity index (χ1) is 22.1. The van der Waals surface area contributed by atoms with Crippen molar-refractivity contribution < 1.29 is 24.1 Å². The largest absolute Gasteiger partial charge is 0.466 e. The Morgan fingerprint density at radius 1 is 0.644 bits per heavy atom. The summed E-state index contributed by atoms with van der Waals surface area (Å²) in [5.41, 5.74) is 0. The first-order valence-corrected chi connectivity index (χ1v) is 19.9. The van der Waals surface area contributed by atoms with Crippen molar-refractivity contribution in [2.24, 2.45) is 0 Å². The number of aliphatic hydroxyl groups is 1. The normalized spacial score (nSPS) is 16.2. The zero-order chi connectivity index (χ0) is 32.6. The van der Waals surface area contributed by atoms with Gasteiger partial charge in [-0.2, -0.15) is 0 Å². The van der Waals surface area contributed by atoms with Crippen LogP contribution >= 0.6 is 0 Å². The molecule has 0 aromatic carbocycles. The van der Waals surface area contributed by atoms with Gasteiger partial charge in [0, 0.05) is 13.0 Å². The van der Waals surface area contributed by atoms with Crippen LogP contribution in [0.25, 0.3) is 0 Å². The van der Waals surface area contributed by atoms with E-state index in [4.69, 9.17) is 14.2 Å². The lowest BCUT2D eigenvalue weighted by atomic mass is 10.0. The van der Waals surface area contributed by atoms with E-state index in [1.165, 1.54) is 122 Å². The summed E-state index contributed by atoms with van der Waals surface area (Å²) in [7, 11) is 0. The maximum Gasteiger partial charge on any atom is 0.305 e. The third kappa shape index (κ3) is 27.0. The number of epoxide rings is 1. The first-order valence-electron chi connectivity index (χ1n) is 19.9. The van der Waals surface area contributed by atoms with Gasteiger partial charge in [-0.05, 0) is 58.0 Å². The molecule has 2 atom stereocenters. The topological polar surface area (TPSA) is 71.5 Å². The lowest BCUT2D eigenvalue weighted by Gasteiger charge is -2.21. The molecule has 1 aliphatic heterocycles. The van der Waals surface area contributed by atoms with Crippen LogP contribution in [0, 0.1) is 0 Å². The average molecular weight is 640 g/mol. The Bertz CT molecular complexity index is 617. The zero-order valence-corrected chi connectivity index (χ0v) is 30.4. The summed E-state index contributed by atoms with van der Waals surface area (Å²) in [6.45, 7) is 10.4. The summed E-state index contributed by atoms with van der Waals surface area (Å²) in [6, 6.07) is 0. The third-order valence-electron chi connectivity index (χ3n) is 9.37. The smallest absolute Gasteiger partial charge is 0.305 e. The molecule has 1 N–H and O–H groups in total. The Balaban J connectivity index is 2.14. The maximum absolute atomic E-state index is 11.8. The molecule has 268 valence electrons. The van der Waals surface area contributed by atoms with Gasteiger partial charge >= 0.3 is 5.97 Å². The van der Waals surface area contributed by atoms with Crippen LogP contribution in [0.3, 0.4) is 0 Å². The number of nitrogens with zero attached hydrogens (tertiary/aromatic N) is 1. The van der Waals surface area contributed by atoms with E-state index >= 15 is 0 Å². The minimum Gasteiger partial charge on any atom is -0.466 e. The van der Waals surface area contributed by atoms with Gasteiger partial charge in [-0.3, -0.25) is 4.79 Å². The van der Waals surface area contributed by atoms with Crippen molar-refractivity contribution in [2.75, 3.05) is 32.8 Å². The fraction of sp³-hybridized carbons (Fsp3) is 0.974. The summed E-state index contributed by atoms with van der Waals surface area (Å²) < 4.78 is 17.8. The van der Waals surface area contributed by atoms with Gasteiger partial charge in [0.1, 0.15) is 6.10 Å². The molecular formula is C39H77NO5. The van der Waals surface area contributed by atoms with Crippen LogP contribution in [-0.2, 0) is 19.0 Å². The van der Waals surface area contributed by atoms with Crippen molar-refractivity contribution in [3.8, 4) is 0 Å². The van der Waals surface area contributed by atoms with Crippen LogP contribution in [0.4, 0.5) is 0 Å². The number of hydrogen-bond acceptors (Lipinski definition) is 6. The average Bonchev–Trinajstić information content (AvgIpc) is 3.78. The molecule has 1 aliphatic rings. The molecule has 0 saturated carbocycles. The van der Waals surface area contributed by atoms with Crippen LogP contribution < -0.4 is 0 Å². The first kappa shape index (κ1) is 42.3. The Morgan fingerprint density at radius 3 is 1.76 bits per heavy atom. The number of carbonyl (C=O) groups excluding carboxylic acids is 1. The maximum atomic E-state index is 11.8. The SMILES string of the molecule is CCCCCCCCC(CCCCCCCC)OC1OC1CCCN(CCO)CCCCCCCCCC(=O)OCCCCC. The fourth-order valence-corrected chi connectivity index (χ4v) is 6.32. The summed E-state index contributed by atoms with van der Waals surface area (Å²) in [6.07, 6.45) is 33.3. The van der Waals surface area contributed by atoms with Crippen LogP contribution in [0.1, 0.15) is 194 Å². The van der Waals surface area contributed by atoms with Crippen LogP contribution in [0.5, 0.6) is 0 Å². The van der Waals surface area contributed by atoms with Crippen molar-refractivity contribution in [3.05, 3.63) is 0 Å². The van der Waals surface area contributed by atoms with Gasteiger partial charge in [-0.15, -0.1) is 0 Å². The number of aliphatic hydroxyl groups excluding tert-OH is 1. The predicted molar refractivity (Wildman–Crippen MR) is 190 cm³/mol. The molecule has 1 saturated heterocycles. The highest BCUT2D eigenvalue weighted by Crippen LogP contribution is 2.31. The molecule has 0 aromatic rings. The molecule has 0 amide bonds. The van der Waals surface area contributed by atoms with Crippen LogP contribution in [-0.4, -0.2) is 67.3 Å². The van der Waals surface area contributed by atoms with Crippen LogP contribution in [0.15, 0.2) is 0 Å². The quantitative estimate of drug-likeness (QED) is 0.0418. The Hall–Kier alpha value is -0.690. The molecule has 6 heteroatoms. The molecule has 0 radical (unpaired) electrons. The Labute approximate surface area is 280 Å². The van der Waals surface area contributed by atoms with E-state index in [1.807, 2.05) is 0 Å². The second-order valence-corrected chi connectivity index (χ2v) is 13.8. The van der Waals surface area contributed by atoms with Gasteiger partial charge in [-0.1, -0.05) is 143 Å². The molecule has 1 rings (SSSR count). The summed E-state index contributed by atoms with van der Waals surface area (Å²) in [5.74, 6) is -0.0254. The van der Waals surface area contributed by atoms with Gasteiger partial charge < -0.3 is 24.2 Å². The number of carbonyl (C=O) groups is 1. The number of hydrogen-bond donors (Lipinski definition) is 1. The summed E-state index contributed by atoms with van der Waals surface area (Å²) in [5, 5.41) is 9.58. The fourth-order valence-electron chi connectivity index (χ4n) is 6.32. The van der Waals surface area contributed by atoms with Crippen molar-refractivity contribution in [2.45, 2.75) is 213 Å². The Kier molecular flexibility index (Phi) is 30.0. The highest BCUT2D eigenvalue weighted by Gasteiger charge is 2.40. The van der Waals surface area contributed by atoms with Crippen molar-refractivity contribution in [1.82, 2.24) is 4.90 Å². The molecule has 0 aromatic heterocycles. The second kappa shape index (κ2) is 31.9. The highest BCUT2D eigenvalue weighted by atomic mass is 16.8. The number of rotatable bonds is 36. The lowest BCUT2D eigenvalue weighted by molar-refractivity contribution is -0.143. The molecule has 0 bridgehead atoms. The molecule has 1 fully saturated rings. The van der Waals surface area contributed by atoms with Gasteiger partial charge in [-0.25, -0.2) is 0 Å². The monoisotopic (exact) mass is 640 g/mol. The second-order valence-electron chi connectivity index (χ2n) is 13.8. The van der Waals surface area contributed by atoms with Gasteiger partial charge in [0.25, 0.3) is 0 Å². The van der Waals surface area contributed by atoms with Gasteiger partial charge in [0.15, 0.2) is 6.29 Å². The van der Waals surface area contributed by atoms with E-state index in [-0.39, 0.29) is 25.0 Å². The minimum absolute atomic E-state index is 0.0120. The van der Waals surface area contributed by atoms with Gasteiger partial charge in [0.05, 0.1) is 19.3 Å². The molecule has 1 heterocycles. The Morgan fingerprint density at radius 2 is 1.16 bits per heavy atom.